The van der Waals surface area contributed by atoms with Gasteiger partial charge in [-0.1, -0.05) is 12.1 Å². The first-order valence-electron chi connectivity index (χ1n) is 6.78. The smallest absolute Gasteiger partial charge is 0.283 e. The van der Waals surface area contributed by atoms with Gasteiger partial charge in [-0.05, 0) is 53.9 Å². The summed E-state index contributed by atoms with van der Waals surface area (Å²) in [7, 11) is 0. The Kier molecular flexibility index (Phi) is 5.12. The molecule has 2 rings (SSSR count). The van der Waals surface area contributed by atoms with E-state index in [1.54, 1.807) is 18.3 Å². The first-order chi connectivity index (χ1) is 10.0. The number of benzene rings is 1. The van der Waals surface area contributed by atoms with Gasteiger partial charge in [0.15, 0.2) is 0 Å². The quantitative estimate of drug-likeness (QED) is 0.897. The molecule has 0 radical (unpaired) electrons. The summed E-state index contributed by atoms with van der Waals surface area (Å²) in [4.78, 5) is 12.0. The molecular formula is C15H17BrFN3O. The van der Waals surface area contributed by atoms with Crippen molar-refractivity contribution in [3.63, 3.8) is 0 Å². The van der Waals surface area contributed by atoms with Gasteiger partial charge in [0.2, 0.25) is 0 Å². The lowest BCUT2D eigenvalue weighted by molar-refractivity contribution is 0.611. The number of halogens is 2. The minimum absolute atomic E-state index is 0.0884. The lowest BCUT2D eigenvalue weighted by atomic mass is 10.1. The normalized spacial score (nSPS) is 12.2. The van der Waals surface area contributed by atoms with Gasteiger partial charge < -0.3 is 5.32 Å². The van der Waals surface area contributed by atoms with Crippen LogP contribution in [0.1, 0.15) is 19.4 Å². The molecule has 1 unspecified atom stereocenters. The van der Waals surface area contributed by atoms with Gasteiger partial charge in [-0.15, -0.1) is 0 Å². The maximum Gasteiger partial charge on any atom is 0.283 e. The van der Waals surface area contributed by atoms with Gasteiger partial charge in [-0.2, -0.15) is 5.10 Å². The second kappa shape index (κ2) is 6.85. The highest BCUT2D eigenvalue weighted by molar-refractivity contribution is 9.10. The Balaban J connectivity index is 2.09. The lowest BCUT2D eigenvalue weighted by Gasteiger charge is -2.16. The van der Waals surface area contributed by atoms with Crippen LogP contribution in [0, 0.1) is 5.82 Å². The van der Waals surface area contributed by atoms with Gasteiger partial charge >= 0.3 is 0 Å². The first kappa shape index (κ1) is 15.7. The largest absolute Gasteiger partial charge is 0.380 e. The number of nitrogens with one attached hydrogen (secondary N) is 1. The van der Waals surface area contributed by atoms with Crippen molar-refractivity contribution in [1.29, 1.82) is 0 Å². The number of nitrogens with zero attached hydrogens (tertiary/aromatic N) is 2. The minimum Gasteiger partial charge on any atom is -0.380 e. The van der Waals surface area contributed by atoms with E-state index in [2.05, 4.69) is 26.3 Å². The summed E-state index contributed by atoms with van der Waals surface area (Å²) in [5.74, 6) is -0.241. The molecule has 4 nitrogen and oxygen atoms in total. The Morgan fingerprint density at radius 1 is 1.38 bits per heavy atom. The zero-order valence-electron chi connectivity index (χ0n) is 11.9. The van der Waals surface area contributed by atoms with Crippen molar-refractivity contribution in [3.8, 4) is 0 Å². The van der Waals surface area contributed by atoms with Crippen molar-refractivity contribution >= 4 is 21.6 Å². The van der Waals surface area contributed by atoms with Crippen molar-refractivity contribution < 1.29 is 4.39 Å². The molecule has 21 heavy (non-hydrogen) atoms. The van der Waals surface area contributed by atoms with Crippen LogP contribution in [0.5, 0.6) is 0 Å². The fourth-order valence-electron chi connectivity index (χ4n) is 2.08. The Morgan fingerprint density at radius 2 is 2.05 bits per heavy atom. The maximum absolute atomic E-state index is 12.9. The number of aromatic nitrogens is 2. The molecule has 0 aliphatic carbocycles. The van der Waals surface area contributed by atoms with Gasteiger partial charge in [0.05, 0.1) is 11.9 Å². The van der Waals surface area contributed by atoms with E-state index in [1.807, 2.05) is 13.8 Å². The van der Waals surface area contributed by atoms with Crippen LogP contribution in [-0.2, 0) is 13.0 Å². The standard InChI is InChI=1S/C15H17BrFN3O/c1-3-20-15(21)14(16)13(9-18-20)19-10(2)8-11-4-6-12(17)7-5-11/h4-7,9-10,19H,3,8H2,1-2H3. The van der Waals surface area contributed by atoms with Crippen molar-refractivity contribution in [1.82, 2.24) is 9.78 Å². The van der Waals surface area contributed by atoms with Crippen LogP contribution in [0.15, 0.2) is 39.7 Å². The molecular weight excluding hydrogens is 337 g/mol. The van der Waals surface area contributed by atoms with Crippen LogP contribution in [0.3, 0.4) is 0 Å². The van der Waals surface area contributed by atoms with Crippen molar-refractivity contribution in [2.75, 3.05) is 5.32 Å². The van der Waals surface area contributed by atoms with E-state index >= 15 is 0 Å². The van der Waals surface area contributed by atoms with Crippen molar-refractivity contribution in [2.45, 2.75) is 32.9 Å². The Labute approximate surface area is 131 Å². The number of aryl methyl sites for hydroxylation is 1. The minimum atomic E-state index is -0.241. The Morgan fingerprint density at radius 3 is 2.67 bits per heavy atom. The highest BCUT2D eigenvalue weighted by atomic mass is 79.9. The van der Waals surface area contributed by atoms with Gasteiger partial charge in [-0.3, -0.25) is 4.79 Å². The zero-order valence-corrected chi connectivity index (χ0v) is 13.5. The third kappa shape index (κ3) is 3.91. The zero-order chi connectivity index (χ0) is 15.4. The second-order valence-electron chi connectivity index (χ2n) is 4.87. The summed E-state index contributed by atoms with van der Waals surface area (Å²) in [5.41, 5.74) is 1.54. The Bertz CT molecular complexity index is 670. The Hall–Kier alpha value is -1.69. The van der Waals surface area contributed by atoms with Gasteiger partial charge in [0.25, 0.3) is 5.56 Å². The molecule has 112 valence electrons. The summed E-state index contributed by atoms with van der Waals surface area (Å²) >= 11 is 3.31. The number of hydrogen-bond acceptors (Lipinski definition) is 3. The van der Waals surface area contributed by atoms with E-state index in [0.29, 0.717) is 16.7 Å². The molecule has 0 saturated heterocycles. The van der Waals surface area contributed by atoms with Crippen LogP contribution >= 0.6 is 15.9 Å². The van der Waals surface area contributed by atoms with Crippen LogP contribution in [0.25, 0.3) is 0 Å². The topological polar surface area (TPSA) is 46.9 Å². The predicted molar refractivity (Wildman–Crippen MR) is 85.1 cm³/mol. The average molecular weight is 354 g/mol. The molecule has 2 aromatic rings. The summed E-state index contributed by atoms with van der Waals surface area (Å²) in [5, 5.41) is 7.34. The van der Waals surface area contributed by atoms with Gasteiger partial charge in [0, 0.05) is 12.6 Å². The lowest BCUT2D eigenvalue weighted by Crippen LogP contribution is -2.26. The summed E-state index contributed by atoms with van der Waals surface area (Å²) in [6, 6.07) is 6.50. The first-order valence-corrected chi connectivity index (χ1v) is 7.57. The van der Waals surface area contributed by atoms with E-state index < -0.39 is 0 Å². The summed E-state index contributed by atoms with van der Waals surface area (Å²) < 4.78 is 14.7. The van der Waals surface area contributed by atoms with Gasteiger partial charge in [0.1, 0.15) is 10.3 Å². The van der Waals surface area contributed by atoms with E-state index in [4.69, 9.17) is 0 Å². The van der Waals surface area contributed by atoms with Crippen LogP contribution in [-0.4, -0.2) is 15.8 Å². The molecule has 0 fully saturated rings. The number of rotatable bonds is 5. The predicted octanol–water partition coefficient (Wildman–Crippen LogP) is 3.21. The summed E-state index contributed by atoms with van der Waals surface area (Å²) in [6.45, 7) is 4.40. The SMILES string of the molecule is CCn1ncc(NC(C)Cc2ccc(F)cc2)c(Br)c1=O. The number of hydrogen-bond donors (Lipinski definition) is 1. The van der Waals surface area contributed by atoms with Crippen LogP contribution < -0.4 is 10.9 Å². The molecule has 0 spiro atoms. The van der Waals surface area contributed by atoms with E-state index in [0.717, 1.165) is 12.0 Å². The third-order valence-electron chi connectivity index (χ3n) is 3.14. The molecule has 0 aliphatic heterocycles. The highest BCUT2D eigenvalue weighted by Crippen LogP contribution is 2.18. The monoisotopic (exact) mass is 353 g/mol. The molecule has 1 N–H and O–H groups in total. The molecule has 1 aromatic heterocycles. The fraction of sp³-hybridized carbons (Fsp3) is 0.333. The molecule has 0 bridgehead atoms. The van der Waals surface area contributed by atoms with Crippen LogP contribution in [0.2, 0.25) is 0 Å². The van der Waals surface area contributed by atoms with Crippen LogP contribution in [0.4, 0.5) is 10.1 Å². The highest BCUT2D eigenvalue weighted by Gasteiger charge is 2.11. The molecule has 6 heteroatoms. The molecule has 0 aliphatic rings. The molecule has 1 atom stereocenters. The average Bonchev–Trinajstić information content (AvgIpc) is 2.47. The van der Waals surface area contributed by atoms with Gasteiger partial charge in [-0.25, -0.2) is 9.07 Å². The number of anilines is 1. The van der Waals surface area contributed by atoms with E-state index in [1.165, 1.54) is 16.8 Å². The maximum atomic E-state index is 12.9. The second-order valence-corrected chi connectivity index (χ2v) is 5.66. The van der Waals surface area contributed by atoms with Crippen molar-refractivity contribution in [3.05, 3.63) is 56.7 Å². The summed E-state index contributed by atoms with van der Waals surface area (Å²) in [6.07, 6.45) is 2.36. The molecule has 1 aromatic carbocycles. The fourth-order valence-corrected chi connectivity index (χ4v) is 2.50. The molecule has 1 heterocycles. The van der Waals surface area contributed by atoms with Crippen molar-refractivity contribution in [2.24, 2.45) is 0 Å². The van der Waals surface area contributed by atoms with E-state index in [-0.39, 0.29) is 17.4 Å². The van der Waals surface area contributed by atoms with E-state index in [9.17, 15) is 9.18 Å². The molecule has 0 amide bonds. The molecule has 0 saturated carbocycles. The third-order valence-corrected chi connectivity index (χ3v) is 3.91.